The lowest BCUT2D eigenvalue weighted by Crippen LogP contribution is -2.28. The topological polar surface area (TPSA) is 94.9 Å². The van der Waals surface area contributed by atoms with Gasteiger partial charge >= 0.3 is 5.97 Å². The number of carbonyl (C=O) groups excluding carboxylic acids is 2. The number of benzene rings is 1. The smallest absolute Gasteiger partial charge is 0.338 e. The zero-order valence-electron chi connectivity index (χ0n) is 19.1. The van der Waals surface area contributed by atoms with Crippen LogP contribution in [-0.2, 0) is 26.0 Å². The van der Waals surface area contributed by atoms with Gasteiger partial charge in [0.1, 0.15) is 0 Å². The Morgan fingerprint density at radius 3 is 2.58 bits per heavy atom. The van der Waals surface area contributed by atoms with Crippen molar-refractivity contribution < 1.29 is 27.5 Å². The van der Waals surface area contributed by atoms with E-state index in [1.165, 1.54) is 28.6 Å². The Hall–Kier alpha value is -2.49. The quantitative estimate of drug-likeness (QED) is 0.431. The first kappa shape index (κ1) is 23.7. The monoisotopic (exact) mass is 474 g/mol. The highest BCUT2D eigenvalue weighted by atomic mass is 32.2. The van der Waals surface area contributed by atoms with Crippen molar-refractivity contribution >= 4 is 21.8 Å². The van der Waals surface area contributed by atoms with Gasteiger partial charge < -0.3 is 14.0 Å². The molecule has 178 valence electrons. The van der Waals surface area contributed by atoms with E-state index in [1.807, 2.05) is 19.9 Å². The molecule has 2 aliphatic rings. The third-order valence-corrected chi connectivity index (χ3v) is 8.29. The summed E-state index contributed by atoms with van der Waals surface area (Å²) in [7, 11) is -3.64. The summed E-state index contributed by atoms with van der Waals surface area (Å²) in [6.45, 7) is 5.84. The van der Waals surface area contributed by atoms with E-state index in [-0.39, 0.29) is 22.3 Å². The van der Waals surface area contributed by atoms with Gasteiger partial charge in [0.2, 0.25) is 15.8 Å². The normalized spacial score (nSPS) is 19.2. The zero-order chi connectivity index (χ0) is 23.6. The lowest BCUT2D eigenvalue weighted by molar-refractivity contribution is 0.0474. The van der Waals surface area contributed by atoms with Crippen molar-refractivity contribution in [2.24, 2.45) is 0 Å². The van der Waals surface area contributed by atoms with E-state index in [0.717, 1.165) is 43.7 Å². The number of rotatable bonds is 8. The average molecular weight is 475 g/mol. The predicted octanol–water partition coefficient (Wildman–Crippen LogP) is 3.11. The van der Waals surface area contributed by atoms with Crippen LogP contribution in [-0.4, -0.2) is 61.4 Å². The Kier molecular flexibility index (Phi) is 7.02. The Morgan fingerprint density at radius 2 is 1.88 bits per heavy atom. The Balaban J connectivity index is 1.41. The van der Waals surface area contributed by atoms with Crippen molar-refractivity contribution in [2.75, 3.05) is 26.3 Å². The maximum Gasteiger partial charge on any atom is 0.338 e. The Labute approximate surface area is 194 Å². The number of carbonyl (C=O) groups is 2. The molecular weight excluding hydrogens is 444 g/mol. The van der Waals surface area contributed by atoms with Gasteiger partial charge in [-0.25, -0.2) is 13.2 Å². The number of Topliss-reactive ketones (excluding diaryl/α,β-unsaturated/α-hetero) is 1. The molecule has 4 rings (SSSR count). The molecule has 2 saturated heterocycles. The number of hydrogen-bond donors (Lipinski definition) is 0. The van der Waals surface area contributed by atoms with Gasteiger partial charge in [-0.2, -0.15) is 4.31 Å². The van der Waals surface area contributed by atoms with Crippen molar-refractivity contribution in [3.8, 4) is 0 Å². The first-order valence-electron chi connectivity index (χ1n) is 11.4. The lowest BCUT2D eigenvalue weighted by Gasteiger charge is -2.16. The summed E-state index contributed by atoms with van der Waals surface area (Å²) in [5.74, 6) is -1.02. The van der Waals surface area contributed by atoms with E-state index in [0.29, 0.717) is 25.2 Å². The van der Waals surface area contributed by atoms with Crippen LogP contribution >= 0.6 is 0 Å². The van der Waals surface area contributed by atoms with Gasteiger partial charge in [-0.3, -0.25) is 4.79 Å². The minimum absolute atomic E-state index is 0.0582. The van der Waals surface area contributed by atoms with Crippen LogP contribution < -0.4 is 0 Å². The highest BCUT2D eigenvalue weighted by Gasteiger charge is 2.28. The van der Waals surface area contributed by atoms with Gasteiger partial charge in [0.15, 0.2) is 6.61 Å². The highest BCUT2D eigenvalue weighted by molar-refractivity contribution is 7.89. The van der Waals surface area contributed by atoms with Crippen LogP contribution in [0.1, 0.15) is 57.8 Å². The molecule has 2 fully saturated rings. The van der Waals surface area contributed by atoms with Crippen LogP contribution in [0.4, 0.5) is 0 Å². The third-order valence-electron chi connectivity index (χ3n) is 6.39. The molecule has 9 heteroatoms. The van der Waals surface area contributed by atoms with Gasteiger partial charge in [-0.05, 0) is 63.8 Å². The molecule has 0 amide bonds. The van der Waals surface area contributed by atoms with Crippen LogP contribution in [0.25, 0.3) is 0 Å². The Bertz CT molecular complexity index is 1140. The summed E-state index contributed by atoms with van der Waals surface area (Å²) in [6, 6.07) is 7.60. The van der Waals surface area contributed by atoms with Gasteiger partial charge in [0.25, 0.3) is 0 Å². The molecule has 1 unspecified atom stereocenters. The number of aromatic nitrogens is 1. The third kappa shape index (κ3) is 5.05. The minimum Gasteiger partial charge on any atom is -0.454 e. The van der Waals surface area contributed by atoms with Crippen LogP contribution in [0.2, 0.25) is 0 Å². The SMILES string of the molecule is Cc1cc(C(=O)COC(=O)c2cccc(S(=O)(=O)N3CCCC3)c2)c(C)n1CC1CCCO1. The molecule has 8 nitrogen and oxygen atoms in total. The van der Waals surface area contributed by atoms with E-state index in [1.54, 1.807) is 0 Å². The van der Waals surface area contributed by atoms with Crippen molar-refractivity contribution in [1.29, 1.82) is 0 Å². The fourth-order valence-corrected chi connectivity index (χ4v) is 6.07. The molecule has 2 aliphatic heterocycles. The van der Waals surface area contributed by atoms with E-state index in [2.05, 4.69) is 4.57 Å². The molecule has 2 aromatic rings. The molecular formula is C24H30N2O6S. The first-order valence-corrected chi connectivity index (χ1v) is 12.8. The van der Waals surface area contributed by atoms with Gasteiger partial charge in [-0.15, -0.1) is 0 Å². The van der Waals surface area contributed by atoms with Gasteiger partial charge in [0.05, 0.1) is 16.6 Å². The maximum absolute atomic E-state index is 12.8. The molecule has 0 saturated carbocycles. The number of aryl methyl sites for hydroxylation is 1. The maximum atomic E-state index is 12.8. The molecule has 33 heavy (non-hydrogen) atoms. The minimum atomic E-state index is -3.64. The fourth-order valence-electron chi connectivity index (χ4n) is 4.51. The molecule has 3 heterocycles. The number of esters is 1. The summed E-state index contributed by atoms with van der Waals surface area (Å²) in [5, 5.41) is 0. The largest absolute Gasteiger partial charge is 0.454 e. The second kappa shape index (κ2) is 9.79. The summed E-state index contributed by atoms with van der Waals surface area (Å²) < 4.78 is 40.0. The molecule has 0 spiro atoms. The summed E-state index contributed by atoms with van der Waals surface area (Å²) in [4.78, 5) is 25.4. The number of nitrogens with zero attached hydrogens (tertiary/aromatic N) is 2. The first-order chi connectivity index (χ1) is 15.8. The average Bonchev–Trinajstić information content (AvgIpc) is 3.57. The van der Waals surface area contributed by atoms with E-state index < -0.39 is 22.6 Å². The predicted molar refractivity (Wildman–Crippen MR) is 122 cm³/mol. The van der Waals surface area contributed by atoms with E-state index in [9.17, 15) is 18.0 Å². The standard InChI is InChI=1S/C24H30N2O6S/c1-17-13-22(18(2)26(17)15-20-8-6-12-31-20)23(27)16-32-24(28)19-7-5-9-21(14-19)33(29,30)25-10-3-4-11-25/h5,7,9,13-14,20H,3-4,6,8,10-12,15-16H2,1-2H3. The van der Waals surface area contributed by atoms with Crippen molar-refractivity contribution in [2.45, 2.75) is 57.1 Å². The van der Waals surface area contributed by atoms with Crippen molar-refractivity contribution in [1.82, 2.24) is 8.87 Å². The van der Waals surface area contributed by atoms with E-state index in [4.69, 9.17) is 9.47 Å². The number of ether oxygens (including phenoxy) is 2. The summed E-state index contributed by atoms with van der Waals surface area (Å²) in [5.41, 5.74) is 2.40. The van der Waals surface area contributed by atoms with E-state index >= 15 is 0 Å². The highest BCUT2D eigenvalue weighted by Crippen LogP contribution is 2.23. The van der Waals surface area contributed by atoms with Crippen LogP contribution in [0.15, 0.2) is 35.2 Å². The summed E-state index contributed by atoms with van der Waals surface area (Å²) in [6.07, 6.45) is 3.87. The number of ketones is 1. The molecule has 0 aliphatic carbocycles. The molecule has 0 radical (unpaired) electrons. The van der Waals surface area contributed by atoms with Crippen LogP contribution in [0.3, 0.4) is 0 Å². The second-order valence-electron chi connectivity index (χ2n) is 8.67. The van der Waals surface area contributed by atoms with Gasteiger partial charge in [-0.1, -0.05) is 6.07 Å². The number of sulfonamides is 1. The van der Waals surface area contributed by atoms with Crippen molar-refractivity contribution in [3.05, 3.63) is 52.8 Å². The molecule has 1 aromatic heterocycles. The zero-order valence-corrected chi connectivity index (χ0v) is 19.9. The van der Waals surface area contributed by atoms with Crippen molar-refractivity contribution in [3.63, 3.8) is 0 Å². The van der Waals surface area contributed by atoms with Crippen LogP contribution in [0, 0.1) is 13.8 Å². The molecule has 1 aromatic carbocycles. The van der Waals surface area contributed by atoms with Crippen LogP contribution in [0.5, 0.6) is 0 Å². The number of hydrogen-bond acceptors (Lipinski definition) is 6. The second-order valence-corrected chi connectivity index (χ2v) is 10.6. The fraction of sp³-hybridized carbons (Fsp3) is 0.500. The molecule has 1 atom stereocenters. The Morgan fingerprint density at radius 1 is 1.12 bits per heavy atom. The molecule has 0 bridgehead atoms. The van der Waals surface area contributed by atoms with Gasteiger partial charge in [0, 0.05) is 43.2 Å². The molecule has 0 N–H and O–H groups in total. The summed E-state index contributed by atoms with van der Waals surface area (Å²) >= 11 is 0. The lowest BCUT2D eigenvalue weighted by atomic mass is 10.1.